The second-order valence-corrected chi connectivity index (χ2v) is 8.31. The first-order valence-corrected chi connectivity index (χ1v) is 11.1. The fourth-order valence-electron chi connectivity index (χ4n) is 3.10. The van der Waals surface area contributed by atoms with E-state index in [4.69, 9.17) is 26.4 Å². The van der Waals surface area contributed by atoms with Crippen molar-refractivity contribution in [1.82, 2.24) is 5.32 Å². The topological polar surface area (TPSA) is 68.8 Å². The summed E-state index contributed by atoms with van der Waals surface area (Å²) >= 11 is 5.32. The van der Waals surface area contributed by atoms with Gasteiger partial charge in [0.15, 0.2) is 5.11 Å². The number of hydrogen-bond acceptors (Lipinski definition) is 5. The molecule has 0 spiro atoms. The van der Waals surface area contributed by atoms with Crippen LogP contribution < -0.4 is 20.1 Å². The maximum atomic E-state index is 12.5. The van der Waals surface area contributed by atoms with Crippen LogP contribution in [0.1, 0.15) is 43.5 Å². The van der Waals surface area contributed by atoms with Gasteiger partial charge in [-0.25, -0.2) is 0 Å². The summed E-state index contributed by atoms with van der Waals surface area (Å²) < 4.78 is 17.2. The van der Waals surface area contributed by atoms with Crippen molar-refractivity contribution in [1.29, 1.82) is 0 Å². The number of hydrogen-bond donors (Lipinski definition) is 2. The van der Waals surface area contributed by atoms with Crippen molar-refractivity contribution >= 4 is 28.9 Å². The molecule has 1 unspecified atom stereocenters. The van der Waals surface area contributed by atoms with Crippen LogP contribution in [0, 0.1) is 5.92 Å². The molecule has 0 radical (unpaired) electrons. The Morgan fingerprint density at radius 2 is 1.94 bits per heavy atom. The van der Waals surface area contributed by atoms with Gasteiger partial charge in [-0.1, -0.05) is 26.0 Å². The highest BCUT2D eigenvalue weighted by molar-refractivity contribution is 7.80. The first kappa shape index (κ1) is 23.0. The lowest BCUT2D eigenvalue weighted by Gasteiger charge is -2.16. The van der Waals surface area contributed by atoms with Crippen LogP contribution in [-0.2, 0) is 4.74 Å². The van der Waals surface area contributed by atoms with Crippen LogP contribution in [0.5, 0.6) is 11.5 Å². The Morgan fingerprint density at radius 1 is 1.16 bits per heavy atom. The lowest BCUT2D eigenvalue weighted by Crippen LogP contribution is -2.34. The standard InChI is InChI=1S/C24H30N2O4S/c1-17(2)13-15-29-19-11-9-18(10-12-19)23(27)26-24(31)25-21-7-3-4-8-22(21)30-16-20-6-5-14-28-20/h3-4,7-12,17,20H,5-6,13-16H2,1-2H3,(H2,25,26,27,31). The molecule has 1 atom stereocenters. The van der Waals surface area contributed by atoms with Crippen LogP contribution in [0.15, 0.2) is 48.5 Å². The molecule has 0 bridgehead atoms. The Balaban J connectivity index is 1.50. The maximum Gasteiger partial charge on any atom is 0.257 e. The molecule has 2 aromatic carbocycles. The highest BCUT2D eigenvalue weighted by Gasteiger charge is 2.17. The highest BCUT2D eigenvalue weighted by atomic mass is 32.1. The van der Waals surface area contributed by atoms with Gasteiger partial charge in [0, 0.05) is 12.2 Å². The molecule has 1 fully saturated rings. The van der Waals surface area contributed by atoms with E-state index in [1.807, 2.05) is 24.3 Å². The summed E-state index contributed by atoms with van der Waals surface area (Å²) in [5.41, 5.74) is 1.20. The number of anilines is 1. The van der Waals surface area contributed by atoms with Crippen molar-refractivity contribution in [3.8, 4) is 11.5 Å². The van der Waals surface area contributed by atoms with Crippen LogP contribution in [0.3, 0.4) is 0 Å². The Morgan fingerprint density at radius 3 is 2.65 bits per heavy atom. The van der Waals surface area contributed by atoms with E-state index in [-0.39, 0.29) is 17.1 Å². The Labute approximate surface area is 189 Å². The molecular weight excluding hydrogens is 412 g/mol. The number of ether oxygens (including phenoxy) is 3. The summed E-state index contributed by atoms with van der Waals surface area (Å²) in [4.78, 5) is 12.5. The van der Waals surface area contributed by atoms with Crippen LogP contribution in [0.25, 0.3) is 0 Å². The highest BCUT2D eigenvalue weighted by Crippen LogP contribution is 2.25. The first-order valence-electron chi connectivity index (χ1n) is 10.7. The largest absolute Gasteiger partial charge is 0.494 e. The maximum absolute atomic E-state index is 12.5. The average molecular weight is 443 g/mol. The summed E-state index contributed by atoms with van der Waals surface area (Å²) in [6.07, 6.45) is 3.18. The van der Waals surface area contributed by atoms with Gasteiger partial charge in [-0.15, -0.1) is 0 Å². The molecule has 0 aliphatic carbocycles. The number of amides is 1. The fraction of sp³-hybridized carbons (Fsp3) is 0.417. The molecule has 2 aromatic rings. The Kier molecular flexibility index (Phi) is 8.67. The average Bonchev–Trinajstić information content (AvgIpc) is 3.27. The molecule has 1 aliphatic heterocycles. The molecule has 2 N–H and O–H groups in total. The zero-order valence-electron chi connectivity index (χ0n) is 18.1. The second kappa shape index (κ2) is 11.7. The van der Waals surface area contributed by atoms with E-state index >= 15 is 0 Å². The Bertz CT molecular complexity index is 864. The molecule has 1 amide bonds. The van der Waals surface area contributed by atoms with Crippen LogP contribution in [-0.4, -0.2) is 36.9 Å². The van der Waals surface area contributed by atoms with Gasteiger partial charge in [-0.05, 0) is 73.8 Å². The van der Waals surface area contributed by atoms with Gasteiger partial charge in [0.1, 0.15) is 18.1 Å². The molecule has 3 rings (SSSR count). The van der Waals surface area contributed by atoms with E-state index in [9.17, 15) is 4.79 Å². The van der Waals surface area contributed by atoms with Crippen LogP contribution >= 0.6 is 12.2 Å². The lowest BCUT2D eigenvalue weighted by atomic mass is 10.1. The molecule has 1 heterocycles. The third-order valence-electron chi connectivity index (χ3n) is 4.89. The molecular formula is C24H30N2O4S. The van der Waals surface area contributed by atoms with Crippen LogP contribution in [0.4, 0.5) is 5.69 Å². The predicted molar refractivity (Wildman–Crippen MR) is 126 cm³/mol. The molecule has 166 valence electrons. The van der Waals surface area contributed by atoms with Gasteiger partial charge in [0.25, 0.3) is 5.91 Å². The molecule has 1 aliphatic rings. The summed E-state index contributed by atoms with van der Waals surface area (Å²) in [5, 5.41) is 5.96. The van der Waals surface area contributed by atoms with Gasteiger partial charge in [0.2, 0.25) is 0 Å². The number of nitrogens with one attached hydrogen (secondary N) is 2. The fourth-order valence-corrected chi connectivity index (χ4v) is 3.30. The van der Waals surface area contributed by atoms with Crippen molar-refractivity contribution in [2.24, 2.45) is 5.92 Å². The first-order chi connectivity index (χ1) is 15.0. The van der Waals surface area contributed by atoms with Crippen molar-refractivity contribution in [3.05, 3.63) is 54.1 Å². The SMILES string of the molecule is CC(C)CCOc1ccc(C(=O)NC(=S)Nc2ccccc2OCC2CCCO2)cc1. The zero-order valence-corrected chi connectivity index (χ0v) is 18.9. The van der Waals surface area contributed by atoms with Gasteiger partial charge in [-0.2, -0.15) is 0 Å². The van der Waals surface area contributed by atoms with Crippen molar-refractivity contribution < 1.29 is 19.0 Å². The third kappa shape index (κ3) is 7.52. The molecule has 1 saturated heterocycles. The number of carbonyl (C=O) groups excluding carboxylic acids is 1. The van der Waals surface area contributed by atoms with E-state index in [0.29, 0.717) is 36.1 Å². The van der Waals surface area contributed by atoms with Gasteiger partial charge >= 0.3 is 0 Å². The number of benzene rings is 2. The van der Waals surface area contributed by atoms with Gasteiger partial charge in [0.05, 0.1) is 18.4 Å². The summed E-state index contributed by atoms with van der Waals surface area (Å²) in [6.45, 7) is 6.24. The zero-order chi connectivity index (χ0) is 22.1. The molecule has 7 heteroatoms. The third-order valence-corrected chi connectivity index (χ3v) is 5.10. The van der Waals surface area contributed by atoms with Crippen molar-refractivity contribution in [3.63, 3.8) is 0 Å². The van der Waals surface area contributed by atoms with E-state index in [2.05, 4.69) is 24.5 Å². The van der Waals surface area contributed by atoms with E-state index in [1.165, 1.54) is 0 Å². The van der Waals surface area contributed by atoms with E-state index in [0.717, 1.165) is 31.6 Å². The number of carbonyl (C=O) groups is 1. The smallest absolute Gasteiger partial charge is 0.257 e. The van der Waals surface area contributed by atoms with E-state index < -0.39 is 0 Å². The quantitative estimate of drug-likeness (QED) is 0.544. The molecule has 6 nitrogen and oxygen atoms in total. The number of rotatable bonds is 9. The van der Waals surface area contributed by atoms with Gasteiger partial charge < -0.3 is 19.5 Å². The predicted octanol–water partition coefficient (Wildman–Crippen LogP) is 4.80. The summed E-state index contributed by atoms with van der Waals surface area (Å²) in [5.74, 6) is 1.71. The molecule has 31 heavy (non-hydrogen) atoms. The molecule has 0 saturated carbocycles. The summed E-state index contributed by atoms with van der Waals surface area (Å²) in [7, 11) is 0. The Hall–Kier alpha value is -2.64. The monoisotopic (exact) mass is 442 g/mol. The molecule has 0 aromatic heterocycles. The lowest BCUT2D eigenvalue weighted by molar-refractivity contribution is 0.0682. The number of thiocarbonyl (C=S) groups is 1. The van der Waals surface area contributed by atoms with Crippen molar-refractivity contribution in [2.45, 2.75) is 39.2 Å². The normalized spacial score (nSPS) is 15.5. The minimum absolute atomic E-state index is 0.122. The second-order valence-electron chi connectivity index (χ2n) is 7.91. The van der Waals surface area contributed by atoms with Gasteiger partial charge in [-0.3, -0.25) is 10.1 Å². The van der Waals surface area contributed by atoms with Crippen LogP contribution in [0.2, 0.25) is 0 Å². The van der Waals surface area contributed by atoms with Crippen molar-refractivity contribution in [2.75, 3.05) is 25.1 Å². The minimum Gasteiger partial charge on any atom is -0.494 e. The number of para-hydroxylation sites is 2. The van der Waals surface area contributed by atoms with E-state index in [1.54, 1.807) is 24.3 Å². The minimum atomic E-state index is -0.288. The summed E-state index contributed by atoms with van der Waals surface area (Å²) in [6, 6.07) is 14.5.